The fraction of sp³-hybridized carbons (Fsp3) is 0.375. The number of aliphatic imine (C=N–C) groups is 1. The van der Waals surface area contributed by atoms with Crippen molar-refractivity contribution in [2.45, 2.75) is 19.8 Å². The molecular weight excluding hydrogens is 519 g/mol. The molecule has 8 heteroatoms. The van der Waals surface area contributed by atoms with Gasteiger partial charge in [0.25, 0.3) is 0 Å². The van der Waals surface area contributed by atoms with Gasteiger partial charge in [-0.25, -0.2) is 0 Å². The fourth-order valence-electron chi connectivity index (χ4n) is 3.64. The largest absolute Gasteiger partial charge is 0.493 e. The Morgan fingerprint density at radius 2 is 1.69 bits per heavy atom. The molecule has 1 aromatic heterocycles. The van der Waals surface area contributed by atoms with Gasteiger partial charge in [-0.3, -0.25) is 4.99 Å². The van der Waals surface area contributed by atoms with E-state index in [0.29, 0.717) is 23.8 Å². The van der Waals surface area contributed by atoms with Gasteiger partial charge in [0.15, 0.2) is 17.5 Å². The number of benzene rings is 2. The maximum Gasteiger partial charge on any atom is 0.203 e. The Labute approximate surface area is 207 Å². The number of rotatable bonds is 10. The molecule has 32 heavy (non-hydrogen) atoms. The van der Waals surface area contributed by atoms with Crippen molar-refractivity contribution in [3.63, 3.8) is 0 Å². The SMILES string of the molecule is CCNC(=NCCc1ccc(OC)c(OC)c1OC)NCCc1c[nH]c2ccccc12.I. The number of ether oxygens (including phenoxy) is 3. The highest BCUT2D eigenvalue weighted by Crippen LogP contribution is 2.39. The van der Waals surface area contributed by atoms with E-state index in [1.807, 2.05) is 18.2 Å². The second kappa shape index (κ2) is 13.0. The van der Waals surface area contributed by atoms with Crippen LogP contribution in [-0.4, -0.2) is 51.9 Å². The molecule has 0 saturated carbocycles. The number of fused-ring (bicyclic) bond motifs is 1. The van der Waals surface area contributed by atoms with E-state index in [1.54, 1.807) is 21.3 Å². The van der Waals surface area contributed by atoms with Crippen LogP contribution in [0, 0.1) is 0 Å². The molecule has 0 aliphatic heterocycles. The number of para-hydroxylation sites is 1. The minimum Gasteiger partial charge on any atom is -0.493 e. The smallest absolute Gasteiger partial charge is 0.203 e. The zero-order valence-corrected chi connectivity index (χ0v) is 21.5. The first-order chi connectivity index (χ1) is 15.2. The lowest BCUT2D eigenvalue weighted by atomic mass is 10.1. The van der Waals surface area contributed by atoms with Gasteiger partial charge in [0, 0.05) is 42.3 Å². The second-order valence-corrected chi connectivity index (χ2v) is 7.04. The molecule has 0 aliphatic rings. The van der Waals surface area contributed by atoms with E-state index in [1.165, 1.54) is 16.5 Å². The van der Waals surface area contributed by atoms with Gasteiger partial charge in [-0.15, -0.1) is 24.0 Å². The van der Waals surface area contributed by atoms with Crippen LogP contribution in [0.2, 0.25) is 0 Å². The third kappa shape index (κ3) is 6.21. The standard InChI is InChI=1S/C24H32N4O3.HI/c1-5-25-24(27-15-13-18-16-28-20-9-7-6-8-19(18)20)26-14-12-17-10-11-21(29-2)23(31-4)22(17)30-3;/h6-11,16,28H,5,12-15H2,1-4H3,(H2,25,26,27);1H. The highest BCUT2D eigenvalue weighted by molar-refractivity contribution is 14.0. The molecule has 0 amide bonds. The predicted octanol–water partition coefficient (Wildman–Crippen LogP) is 4.15. The van der Waals surface area contributed by atoms with Crippen LogP contribution in [0.1, 0.15) is 18.1 Å². The molecule has 0 radical (unpaired) electrons. The summed E-state index contributed by atoms with van der Waals surface area (Å²) < 4.78 is 16.4. The van der Waals surface area contributed by atoms with Gasteiger partial charge in [-0.1, -0.05) is 24.3 Å². The third-order valence-corrected chi connectivity index (χ3v) is 5.14. The number of aromatic nitrogens is 1. The predicted molar refractivity (Wildman–Crippen MR) is 141 cm³/mol. The van der Waals surface area contributed by atoms with Crippen LogP contribution in [0.4, 0.5) is 0 Å². The van der Waals surface area contributed by atoms with Gasteiger partial charge in [0.1, 0.15) is 0 Å². The van der Waals surface area contributed by atoms with E-state index in [9.17, 15) is 0 Å². The Morgan fingerprint density at radius 1 is 0.906 bits per heavy atom. The van der Waals surface area contributed by atoms with E-state index in [-0.39, 0.29) is 24.0 Å². The normalized spacial score (nSPS) is 11.1. The molecule has 0 atom stereocenters. The highest BCUT2D eigenvalue weighted by atomic mass is 127. The minimum atomic E-state index is 0. The first-order valence-electron chi connectivity index (χ1n) is 10.6. The van der Waals surface area contributed by atoms with Crippen LogP contribution in [0.15, 0.2) is 47.6 Å². The average Bonchev–Trinajstić information content (AvgIpc) is 3.21. The number of guanidine groups is 1. The first-order valence-corrected chi connectivity index (χ1v) is 10.6. The summed E-state index contributed by atoms with van der Waals surface area (Å²) >= 11 is 0. The van der Waals surface area contributed by atoms with Crippen LogP contribution >= 0.6 is 24.0 Å². The number of methoxy groups -OCH3 is 3. The van der Waals surface area contributed by atoms with Gasteiger partial charge in [-0.05, 0) is 37.5 Å². The molecule has 0 bridgehead atoms. The van der Waals surface area contributed by atoms with Crippen LogP contribution in [0.25, 0.3) is 10.9 Å². The molecule has 1 heterocycles. The molecule has 3 N–H and O–H groups in total. The Hall–Kier alpha value is -2.62. The molecule has 0 saturated heterocycles. The van der Waals surface area contributed by atoms with Gasteiger partial charge < -0.3 is 29.8 Å². The van der Waals surface area contributed by atoms with Gasteiger partial charge in [0.05, 0.1) is 21.3 Å². The lowest BCUT2D eigenvalue weighted by molar-refractivity contribution is 0.322. The number of aromatic amines is 1. The summed E-state index contributed by atoms with van der Waals surface area (Å²) in [6.07, 6.45) is 3.72. The van der Waals surface area contributed by atoms with Crippen LogP contribution < -0.4 is 24.8 Å². The van der Waals surface area contributed by atoms with Crippen molar-refractivity contribution < 1.29 is 14.2 Å². The molecule has 174 valence electrons. The summed E-state index contributed by atoms with van der Waals surface area (Å²) in [4.78, 5) is 8.05. The van der Waals surface area contributed by atoms with Crippen molar-refractivity contribution in [1.82, 2.24) is 15.6 Å². The molecule has 0 aliphatic carbocycles. The Kier molecular flexibility index (Phi) is 10.5. The fourth-order valence-corrected chi connectivity index (χ4v) is 3.64. The number of nitrogens with one attached hydrogen (secondary N) is 3. The van der Waals surface area contributed by atoms with Crippen molar-refractivity contribution in [2.24, 2.45) is 4.99 Å². The van der Waals surface area contributed by atoms with Gasteiger partial charge in [0.2, 0.25) is 5.75 Å². The van der Waals surface area contributed by atoms with Crippen LogP contribution in [-0.2, 0) is 12.8 Å². The quantitative estimate of drug-likeness (QED) is 0.200. The van der Waals surface area contributed by atoms with Crippen molar-refractivity contribution >= 4 is 40.8 Å². The summed E-state index contributed by atoms with van der Waals surface area (Å²) in [6, 6.07) is 12.3. The van der Waals surface area contributed by atoms with Crippen molar-refractivity contribution in [2.75, 3.05) is 41.0 Å². The average molecular weight is 552 g/mol. The first kappa shape index (κ1) is 25.6. The van der Waals surface area contributed by atoms with E-state index in [4.69, 9.17) is 19.2 Å². The Balaban J connectivity index is 0.00000363. The summed E-state index contributed by atoms with van der Waals surface area (Å²) in [7, 11) is 4.87. The van der Waals surface area contributed by atoms with Crippen LogP contribution in [0.5, 0.6) is 17.2 Å². The molecule has 0 fully saturated rings. The van der Waals surface area contributed by atoms with E-state index >= 15 is 0 Å². The third-order valence-electron chi connectivity index (χ3n) is 5.14. The minimum absolute atomic E-state index is 0. The Bertz CT molecular complexity index is 1020. The maximum atomic E-state index is 5.57. The number of nitrogens with zero attached hydrogens (tertiary/aromatic N) is 1. The Morgan fingerprint density at radius 3 is 2.41 bits per heavy atom. The summed E-state index contributed by atoms with van der Waals surface area (Å²) in [5, 5.41) is 8.01. The van der Waals surface area contributed by atoms with Gasteiger partial charge >= 0.3 is 0 Å². The van der Waals surface area contributed by atoms with Crippen molar-refractivity contribution in [3.05, 3.63) is 53.7 Å². The monoisotopic (exact) mass is 552 g/mol. The molecule has 0 spiro atoms. The lowest BCUT2D eigenvalue weighted by Crippen LogP contribution is -2.38. The molecule has 3 aromatic rings. The summed E-state index contributed by atoms with van der Waals surface area (Å²) in [5.41, 5.74) is 3.49. The zero-order chi connectivity index (χ0) is 22.1. The molecule has 3 rings (SSSR count). The zero-order valence-electron chi connectivity index (χ0n) is 19.2. The maximum absolute atomic E-state index is 5.57. The highest BCUT2D eigenvalue weighted by Gasteiger charge is 2.15. The van der Waals surface area contributed by atoms with E-state index < -0.39 is 0 Å². The van der Waals surface area contributed by atoms with Crippen molar-refractivity contribution in [1.29, 1.82) is 0 Å². The molecular formula is C24H33IN4O3. The van der Waals surface area contributed by atoms with Crippen molar-refractivity contribution in [3.8, 4) is 17.2 Å². The number of halogens is 1. The van der Waals surface area contributed by atoms with E-state index in [2.05, 4.69) is 46.9 Å². The van der Waals surface area contributed by atoms with Crippen LogP contribution in [0.3, 0.4) is 0 Å². The lowest BCUT2D eigenvalue weighted by Gasteiger charge is -2.15. The summed E-state index contributed by atoms with van der Waals surface area (Å²) in [6.45, 7) is 4.29. The number of H-pyrrole nitrogens is 1. The number of hydrogen-bond donors (Lipinski definition) is 3. The molecule has 2 aromatic carbocycles. The topological polar surface area (TPSA) is 79.9 Å². The van der Waals surface area contributed by atoms with E-state index in [0.717, 1.165) is 37.5 Å². The molecule has 7 nitrogen and oxygen atoms in total. The molecule has 0 unspecified atom stereocenters. The summed E-state index contributed by atoms with van der Waals surface area (Å²) in [5.74, 6) is 2.75. The number of hydrogen-bond acceptors (Lipinski definition) is 4. The van der Waals surface area contributed by atoms with Gasteiger partial charge in [-0.2, -0.15) is 0 Å². The second-order valence-electron chi connectivity index (χ2n) is 7.04.